The van der Waals surface area contributed by atoms with Crippen molar-refractivity contribution in [2.45, 2.75) is 58.4 Å². The first-order chi connectivity index (χ1) is 8.92. The standard InChI is InChI=1S/C16H27NO2/c1-16(2,15(18)19)9-5-3-4-6-13-11-7-8-12(10-11)14(13)17/h3-4,11-14H,5-10,17H2,1-2H3,(H,18,19)/b4-3+. The highest BCUT2D eigenvalue weighted by Crippen LogP contribution is 2.48. The van der Waals surface area contributed by atoms with Crippen molar-refractivity contribution in [3.63, 3.8) is 0 Å². The Bertz CT molecular complexity index is 360. The lowest BCUT2D eigenvalue weighted by Gasteiger charge is -2.27. The quantitative estimate of drug-likeness (QED) is 0.725. The molecule has 0 saturated heterocycles. The van der Waals surface area contributed by atoms with Crippen LogP contribution in [0.5, 0.6) is 0 Å². The van der Waals surface area contributed by atoms with Crippen molar-refractivity contribution in [2.75, 3.05) is 0 Å². The maximum absolute atomic E-state index is 11.0. The lowest BCUT2D eigenvalue weighted by atomic mass is 9.82. The summed E-state index contributed by atoms with van der Waals surface area (Å²) in [7, 11) is 0. The number of allylic oxidation sites excluding steroid dienone is 2. The van der Waals surface area contributed by atoms with Gasteiger partial charge >= 0.3 is 5.97 Å². The van der Waals surface area contributed by atoms with Gasteiger partial charge in [-0.05, 0) is 70.1 Å². The highest BCUT2D eigenvalue weighted by atomic mass is 16.4. The molecule has 0 aromatic carbocycles. The number of fused-ring (bicyclic) bond motifs is 2. The molecule has 19 heavy (non-hydrogen) atoms. The summed E-state index contributed by atoms with van der Waals surface area (Å²) in [5, 5.41) is 9.04. The van der Waals surface area contributed by atoms with E-state index in [4.69, 9.17) is 10.8 Å². The van der Waals surface area contributed by atoms with Crippen molar-refractivity contribution in [2.24, 2.45) is 28.9 Å². The number of rotatable bonds is 6. The minimum Gasteiger partial charge on any atom is -0.481 e. The van der Waals surface area contributed by atoms with Crippen LogP contribution in [0.3, 0.4) is 0 Å². The van der Waals surface area contributed by atoms with Gasteiger partial charge in [-0.2, -0.15) is 0 Å². The van der Waals surface area contributed by atoms with Gasteiger partial charge in [0.15, 0.2) is 0 Å². The van der Waals surface area contributed by atoms with Gasteiger partial charge in [0.2, 0.25) is 0 Å². The van der Waals surface area contributed by atoms with Crippen LogP contribution in [0.15, 0.2) is 12.2 Å². The van der Waals surface area contributed by atoms with Gasteiger partial charge < -0.3 is 10.8 Å². The third kappa shape index (κ3) is 3.19. The Kier molecular flexibility index (Phi) is 4.34. The van der Waals surface area contributed by atoms with Crippen molar-refractivity contribution in [3.8, 4) is 0 Å². The molecule has 3 nitrogen and oxygen atoms in total. The number of hydrogen-bond acceptors (Lipinski definition) is 2. The average Bonchev–Trinajstić information content (AvgIpc) is 2.91. The molecule has 2 fully saturated rings. The number of carboxylic acids is 1. The molecule has 2 aliphatic rings. The Labute approximate surface area is 116 Å². The summed E-state index contributed by atoms with van der Waals surface area (Å²) >= 11 is 0. The average molecular weight is 265 g/mol. The first kappa shape index (κ1) is 14.6. The molecule has 3 N–H and O–H groups in total. The third-order valence-corrected chi connectivity index (χ3v) is 5.25. The third-order valence-electron chi connectivity index (χ3n) is 5.25. The monoisotopic (exact) mass is 265 g/mol. The summed E-state index contributed by atoms with van der Waals surface area (Å²) < 4.78 is 0. The molecule has 0 spiro atoms. The molecule has 2 aliphatic carbocycles. The van der Waals surface area contributed by atoms with Crippen molar-refractivity contribution in [1.29, 1.82) is 0 Å². The van der Waals surface area contributed by atoms with E-state index in [1.165, 1.54) is 19.3 Å². The van der Waals surface area contributed by atoms with E-state index in [1.54, 1.807) is 13.8 Å². The normalized spacial score (nSPS) is 34.3. The van der Waals surface area contributed by atoms with E-state index in [1.807, 2.05) is 0 Å². The zero-order valence-corrected chi connectivity index (χ0v) is 12.1. The van der Waals surface area contributed by atoms with Gasteiger partial charge in [-0.25, -0.2) is 0 Å². The predicted molar refractivity (Wildman–Crippen MR) is 76.7 cm³/mol. The minimum atomic E-state index is -0.712. The minimum absolute atomic E-state index is 0.402. The van der Waals surface area contributed by atoms with E-state index >= 15 is 0 Å². The van der Waals surface area contributed by atoms with Crippen molar-refractivity contribution in [3.05, 3.63) is 12.2 Å². The van der Waals surface area contributed by atoms with Crippen LogP contribution in [0, 0.1) is 23.2 Å². The van der Waals surface area contributed by atoms with Crippen LogP contribution < -0.4 is 5.73 Å². The Morgan fingerprint density at radius 2 is 2.00 bits per heavy atom. The van der Waals surface area contributed by atoms with E-state index < -0.39 is 11.4 Å². The van der Waals surface area contributed by atoms with E-state index in [0.29, 0.717) is 18.4 Å². The predicted octanol–water partition coefficient (Wildman–Crippen LogP) is 3.20. The lowest BCUT2D eigenvalue weighted by molar-refractivity contribution is -0.147. The SMILES string of the molecule is CC(C)(CC/C=C/CC1C2CCC(C2)C1N)C(=O)O. The molecule has 2 saturated carbocycles. The van der Waals surface area contributed by atoms with Gasteiger partial charge in [-0.3, -0.25) is 4.79 Å². The zero-order chi connectivity index (χ0) is 14.0. The molecule has 0 aliphatic heterocycles. The number of hydrogen-bond donors (Lipinski definition) is 2. The van der Waals surface area contributed by atoms with Crippen LogP contribution >= 0.6 is 0 Å². The molecule has 4 unspecified atom stereocenters. The second-order valence-corrected chi connectivity index (χ2v) is 7.01. The Morgan fingerprint density at radius 3 is 2.58 bits per heavy atom. The molecule has 2 bridgehead atoms. The maximum atomic E-state index is 11.0. The number of nitrogens with two attached hydrogens (primary N) is 1. The molecule has 3 heteroatoms. The van der Waals surface area contributed by atoms with Crippen LogP contribution in [-0.2, 0) is 4.79 Å². The van der Waals surface area contributed by atoms with Gasteiger partial charge in [0, 0.05) is 6.04 Å². The van der Waals surface area contributed by atoms with Crippen LogP contribution in [-0.4, -0.2) is 17.1 Å². The fourth-order valence-electron chi connectivity index (χ4n) is 3.73. The van der Waals surface area contributed by atoms with Crippen LogP contribution in [0.2, 0.25) is 0 Å². The zero-order valence-electron chi connectivity index (χ0n) is 12.1. The second-order valence-electron chi connectivity index (χ2n) is 7.01. The molecule has 0 aromatic rings. The van der Waals surface area contributed by atoms with Crippen molar-refractivity contribution < 1.29 is 9.90 Å². The number of carboxylic acid groups (broad SMARTS) is 1. The maximum Gasteiger partial charge on any atom is 0.309 e. The molecular weight excluding hydrogens is 238 g/mol. The Morgan fingerprint density at radius 1 is 1.32 bits per heavy atom. The Balaban J connectivity index is 1.71. The largest absolute Gasteiger partial charge is 0.481 e. The number of aliphatic carboxylic acids is 1. The lowest BCUT2D eigenvalue weighted by Crippen LogP contribution is -2.35. The summed E-state index contributed by atoms with van der Waals surface area (Å²) in [5.41, 5.74) is 5.66. The first-order valence-corrected chi connectivity index (χ1v) is 7.56. The topological polar surface area (TPSA) is 63.3 Å². The van der Waals surface area contributed by atoms with Gasteiger partial charge in [-0.1, -0.05) is 12.2 Å². The molecular formula is C16H27NO2. The van der Waals surface area contributed by atoms with Gasteiger partial charge in [-0.15, -0.1) is 0 Å². The van der Waals surface area contributed by atoms with E-state index in [9.17, 15) is 4.79 Å². The molecule has 0 heterocycles. The summed E-state index contributed by atoms with van der Waals surface area (Å²) in [4.78, 5) is 11.0. The van der Waals surface area contributed by atoms with E-state index in [-0.39, 0.29) is 0 Å². The molecule has 0 aromatic heterocycles. The van der Waals surface area contributed by atoms with Gasteiger partial charge in [0.05, 0.1) is 5.41 Å². The van der Waals surface area contributed by atoms with Crippen molar-refractivity contribution >= 4 is 5.97 Å². The van der Waals surface area contributed by atoms with Crippen molar-refractivity contribution in [1.82, 2.24) is 0 Å². The molecule has 108 valence electrons. The van der Waals surface area contributed by atoms with Gasteiger partial charge in [0.25, 0.3) is 0 Å². The fourth-order valence-corrected chi connectivity index (χ4v) is 3.73. The highest BCUT2D eigenvalue weighted by molar-refractivity contribution is 5.73. The fraction of sp³-hybridized carbons (Fsp3) is 0.812. The Hall–Kier alpha value is -0.830. The van der Waals surface area contributed by atoms with Crippen LogP contribution in [0.1, 0.15) is 52.4 Å². The second kappa shape index (κ2) is 5.66. The molecule has 2 rings (SSSR count). The van der Waals surface area contributed by atoms with E-state index in [0.717, 1.165) is 24.7 Å². The molecule has 0 amide bonds. The van der Waals surface area contributed by atoms with E-state index in [2.05, 4.69) is 12.2 Å². The first-order valence-electron chi connectivity index (χ1n) is 7.56. The summed E-state index contributed by atoms with van der Waals surface area (Å²) in [5.74, 6) is 1.58. The molecule has 0 radical (unpaired) electrons. The summed E-state index contributed by atoms with van der Waals surface area (Å²) in [6, 6.07) is 0.402. The van der Waals surface area contributed by atoms with Gasteiger partial charge in [0.1, 0.15) is 0 Å². The smallest absolute Gasteiger partial charge is 0.309 e. The highest BCUT2D eigenvalue weighted by Gasteiger charge is 2.44. The number of carbonyl (C=O) groups is 1. The molecule has 4 atom stereocenters. The van der Waals surface area contributed by atoms with Crippen LogP contribution in [0.4, 0.5) is 0 Å². The van der Waals surface area contributed by atoms with Crippen LogP contribution in [0.25, 0.3) is 0 Å². The summed E-state index contributed by atoms with van der Waals surface area (Å²) in [6.45, 7) is 3.57. The summed E-state index contributed by atoms with van der Waals surface area (Å²) in [6.07, 6.45) is 11.0.